The van der Waals surface area contributed by atoms with Gasteiger partial charge in [0.15, 0.2) is 0 Å². The summed E-state index contributed by atoms with van der Waals surface area (Å²) in [7, 11) is -1.98. The van der Waals surface area contributed by atoms with Crippen LogP contribution in [0.5, 0.6) is 11.5 Å². The number of carbonyl (C=O) groups is 1. The molecule has 1 amide bonds. The van der Waals surface area contributed by atoms with Gasteiger partial charge in [0.25, 0.3) is 0 Å². The van der Waals surface area contributed by atoms with Gasteiger partial charge in [0, 0.05) is 24.9 Å². The Labute approximate surface area is 200 Å². The van der Waals surface area contributed by atoms with Gasteiger partial charge in [0.2, 0.25) is 15.9 Å². The van der Waals surface area contributed by atoms with Gasteiger partial charge in [-0.15, -0.1) is 0 Å². The standard InChI is InChI=1S/C26H30N2O5S/c1-32-24-13-12-22(34(30,31)28-16-4-5-17-28)19-21(24)11-14-26(29)27-15-18-33-25-10-6-8-20-7-2-3-9-23(20)25/h2-3,6-10,12-13,19H,4-5,11,14-18H2,1H3,(H,27,29). The molecule has 0 aliphatic carbocycles. The Balaban J connectivity index is 1.31. The lowest BCUT2D eigenvalue weighted by Gasteiger charge is -2.17. The Bertz CT molecular complexity index is 1250. The first-order valence-corrected chi connectivity index (χ1v) is 13.0. The largest absolute Gasteiger partial charge is 0.496 e. The number of carbonyl (C=O) groups excluding carboxylic acids is 1. The molecule has 0 saturated carbocycles. The third-order valence-electron chi connectivity index (χ3n) is 6.01. The second kappa shape index (κ2) is 10.9. The fourth-order valence-electron chi connectivity index (χ4n) is 4.20. The zero-order valence-electron chi connectivity index (χ0n) is 19.3. The number of amides is 1. The van der Waals surface area contributed by atoms with Crippen molar-refractivity contribution in [2.24, 2.45) is 0 Å². The van der Waals surface area contributed by atoms with Crippen LogP contribution in [0.25, 0.3) is 10.8 Å². The minimum Gasteiger partial charge on any atom is -0.496 e. The van der Waals surface area contributed by atoms with Crippen LogP contribution in [0.15, 0.2) is 65.6 Å². The fraction of sp³-hybridized carbons (Fsp3) is 0.346. The molecule has 1 aliphatic heterocycles. The van der Waals surface area contributed by atoms with Crippen LogP contribution < -0.4 is 14.8 Å². The summed E-state index contributed by atoms with van der Waals surface area (Å²) < 4.78 is 38.6. The van der Waals surface area contributed by atoms with Crippen molar-refractivity contribution in [1.29, 1.82) is 0 Å². The molecule has 0 unspecified atom stereocenters. The first-order valence-electron chi connectivity index (χ1n) is 11.5. The molecule has 1 aliphatic rings. The second-order valence-electron chi connectivity index (χ2n) is 8.26. The van der Waals surface area contributed by atoms with E-state index < -0.39 is 10.0 Å². The summed E-state index contributed by atoms with van der Waals surface area (Å²) in [6, 6.07) is 18.7. The smallest absolute Gasteiger partial charge is 0.243 e. The summed E-state index contributed by atoms with van der Waals surface area (Å²) in [6.45, 7) is 1.83. The van der Waals surface area contributed by atoms with Crippen molar-refractivity contribution < 1.29 is 22.7 Å². The van der Waals surface area contributed by atoms with Crippen molar-refractivity contribution in [3.63, 3.8) is 0 Å². The maximum absolute atomic E-state index is 12.9. The summed E-state index contributed by atoms with van der Waals surface area (Å²) in [5.74, 6) is 1.23. The van der Waals surface area contributed by atoms with E-state index in [1.54, 1.807) is 18.2 Å². The van der Waals surface area contributed by atoms with Gasteiger partial charge in [-0.3, -0.25) is 4.79 Å². The van der Waals surface area contributed by atoms with Gasteiger partial charge in [-0.1, -0.05) is 36.4 Å². The number of sulfonamides is 1. The van der Waals surface area contributed by atoms with Gasteiger partial charge in [-0.25, -0.2) is 8.42 Å². The molecular weight excluding hydrogens is 452 g/mol. The number of hydrogen-bond donors (Lipinski definition) is 1. The zero-order chi connectivity index (χ0) is 24.0. The van der Waals surface area contributed by atoms with Crippen LogP contribution in [-0.4, -0.2) is 52.0 Å². The van der Waals surface area contributed by atoms with Crippen LogP contribution in [0, 0.1) is 0 Å². The highest BCUT2D eigenvalue weighted by Crippen LogP contribution is 2.27. The van der Waals surface area contributed by atoms with Gasteiger partial charge >= 0.3 is 0 Å². The van der Waals surface area contributed by atoms with Gasteiger partial charge in [0.05, 0.1) is 18.6 Å². The van der Waals surface area contributed by atoms with Crippen LogP contribution in [0.4, 0.5) is 0 Å². The molecule has 3 aromatic carbocycles. The second-order valence-corrected chi connectivity index (χ2v) is 10.2. The van der Waals surface area contributed by atoms with E-state index in [0.717, 1.165) is 29.4 Å². The maximum Gasteiger partial charge on any atom is 0.243 e. The average Bonchev–Trinajstić information content (AvgIpc) is 3.41. The summed E-state index contributed by atoms with van der Waals surface area (Å²) in [6.07, 6.45) is 2.36. The molecule has 1 saturated heterocycles. The van der Waals surface area contributed by atoms with Crippen LogP contribution in [0.1, 0.15) is 24.8 Å². The van der Waals surface area contributed by atoms with Gasteiger partial charge in [-0.05, 0) is 54.5 Å². The zero-order valence-corrected chi connectivity index (χ0v) is 20.1. The highest BCUT2D eigenvalue weighted by molar-refractivity contribution is 7.89. The fourth-order valence-corrected chi connectivity index (χ4v) is 5.77. The van der Waals surface area contributed by atoms with Crippen molar-refractivity contribution in [3.05, 3.63) is 66.2 Å². The predicted molar refractivity (Wildman–Crippen MR) is 132 cm³/mol. The van der Waals surface area contributed by atoms with E-state index in [2.05, 4.69) is 5.32 Å². The third-order valence-corrected chi connectivity index (χ3v) is 7.90. The number of nitrogens with one attached hydrogen (secondary N) is 1. The minimum absolute atomic E-state index is 0.128. The first-order chi connectivity index (χ1) is 16.5. The van der Waals surface area contributed by atoms with Crippen LogP contribution >= 0.6 is 0 Å². The van der Waals surface area contributed by atoms with Crippen molar-refractivity contribution in [2.45, 2.75) is 30.6 Å². The minimum atomic E-state index is -3.52. The number of ether oxygens (including phenoxy) is 2. The van der Waals surface area contributed by atoms with E-state index in [9.17, 15) is 13.2 Å². The molecule has 4 rings (SSSR count). The predicted octanol–water partition coefficient (Wildman–Crippen LogP) is 3.76. The molecule has 7 nitrogen and oxygen atoms in total. The number of rotatable bonds is 10. The summed E-state index contributed by atoms with van der Waals surface area (Å²) >= 11 is 0. The van der Waals surface area contributed by atoms with E-state index >= 15 is 0 Å². The molecule has 0 bridgehead atoms. The average molecular weight is 483 g/mol. The van der Waals surface area contributed by atoms with Gasteiger partial charge in [-0.2, -0.15) is 4.31 Å². The maximum atomic E-state index is 12.9. The third kappa shape index (κ3) is 5.51. The Morgan fingerprint density at radius 1 is 1.00 bits per heavy atom. The number of fused-ring (bicyclic) bond motifs is 1. The molecular formula is C26H30N2O5S. The van der Waals surface area contributed by atoms with E-state index in [1.165, 1.54) is 11.4 Å². The highest BCUT2D eigenvalue weighted by atomic mass is 32.2. The Hall–Kier alpha value is -3.10. The molecule has 0 aromatic heterocycles. The van der Waals surface area contributed by atoms with Crippen molar-refractivity contribution >= 4 is 26.7 Å². The molecule has 8 heteroatoms. The summed E-state index contributed by atoms with van der Waals surface area (Å²) in [5, 5.41) is 5.01. The lowest BCUT2D eigenvalue weighted by molar-refractivity contribution is -0.121. The number of methoxy groups -OCH3 is 1. The van der Waals surface area contributed by atoms with Crippen molar-refractivity contribution in [3.8, 4) is 11.5 Å². The molecule has 34 heavy (non-hydrogen) atoms. The lowest BCUT2D eigenvalue weighted by Crippen LogP contribution is -2.28. The van der Waals surface area contributed by atoms with Gasteiger partial charge in [0.1, 0.15) is 18.1 Å². The van der Waals surface area contributed by atoms with Gasteiger partial charge < -0.3 is 14.8 Å². The number of aryl methyl sites for hydroxylation is 1. The number of benzene rings is 3. The van der Waals surface area contributed by atoms with E-state index in [4.69, 9.17) is 9.47 Å². The quantitative estimate of drug-likeness (QED) is 0.445. The SMILES string of the molecule is COc1ccc(S(=O)(=O)N2CCCC2)cc1CCC(=O)NCCOc1cccc2ccccc12. The van der Waals surface area contributed by atoms with Crippen molar-refractivity contribution in [1.82, 2.24) is 9.62 Å². The van der Waals surface area contributed by atoms with E-state index in [-0.39, 0.29) is 17.2 Å². The molecule has 0 atom stereocenters. The first kappa shape index (κ1) is 24.0. The Morgan fingerprint density at radius 2 is 1.76 bits per heavy atom. The molecule has 3 aromatic rings. The highest BCUT2D eigenvalue weighted by Gasteiger charge is 2.27. The van der Waals surface area contributed by atoms with Crippen LogP contribution in [0.2, 0.25) is 0 Å². The van der Waals surface area contributed by atoms with E-state index in [1.807, 2.05) is 42.5 Å². The number of hydrogen-bond acceptors (Lipinski definition) is 5. The Morgan fingerprint density at radius 3 is 2.56 bits per heavy atom. The Kier molecular flexibility index (Phi) is 7.70. The summed E-state index contributed by atoms with van der Waals surface area (Å²) in [4.78, 5) is 12.6. The van der Waals surface area contributed by atoms with E-state index in [0.29, 0.717) is 44.0 Å². The molecule has 180 valence electrons. The van der Waals surface area contributed by atoms with Crippen LogP contribution in [-0.2, 0) is 21.2 Å². The number of nitrogens with zero attached hydrogens (tertiary/aromatic N) is 1. The molecule has 0 radical (unpaired) electrons. The summed E-state index contributed by atoms with van der Waals surface area (Å²) in [5.41, 5.74) is 0.699. The molecule has 0 spiro atoms. The van der Waals surface area contributed by atoms with Crippen LogP contribution in [0.3, 0.4) is 0 Å². The molecule has 1 N–H and O–H groups in total. The van der Waals surface area contributed by atoms with Crippen molar-refractivity contribution in [2.75, 3.05) is 33.4 Å². The topological polar surface area (TPSA) is 84.9 Å². The molecule has 1 fully saturated rings. The monoisotopic (exact) mass is 482 g/mol. The normalized spacial score (nSPS) is 14.3. The molecule has 1 heterocycles. The lowest BCUT2D eigenvalue weighted by atomic mass is 10.1.